The van der Waals surface area contributed by atoms with E-state index < -0.39 is 6.03 Å². The van der Waals surface area contributed by atoms with Gasteiger partial charge in [0.2, 0.25) is 5.91 Å². The Kier molecular flexibility index (Phi) is 8.42. The number of carbonyl (C=O) groups is 3. The van der Waals surface area contributed by atoms with Gasteiger partial charge in [-0.25, -0.2) is 14.7 Å². The summed E-state index contributed by atoms with van der Waals surface area (Å²) in [5.41, 5.74) is 16.7. The third-order valence-corrected chi connectivity index (χ3v) is 7.91. The Hall–Kier alpha value is -4.54. The summed E-state index contributed by atoms with van der Waals surface area (Å²) < 4.78 is 0. The predicted octanol–water partition coefficient (Wildman–Crippen LogP) is 5.43. The first-order valence-electron chi connectivity index (χ1n) is 13.5. The average molecular weight is 569 g/mol. The molecule has 0 atom stereocenters. The van der Waals surface area contributed by atoms with E-state index in [-0.39, 0.29) is 24.8 Å². The van der Waals surface area contributed by atoms with E-state index in [0.717, 1.165) is 40.9 Å². The average Bonchev–Trinajstić information content (AvgIpc) is 3.73. The Morgan fingerprint density at radius 1 is 1.02 bits per heavy atom. The topological polar surface area (TPSA) is 143 Å². The van der Waals surface area contributed by atoms with Crippen molar-refractivity contribution in [2.45, 2.75) is 38.6 Å². The first kappa shape index (κ1) is 28.0. The van der Waals surface area contributed by atoms with E-state index in [1.165, 1.54) is 4.90 Å². The molecule has 5 rings (SSSR count). The molecule has 41 heavy (non-hydrogen) atoms. The number of aromatic nitrogens is 1. The van der Waals surface area contributed by atoms with Crippen molar-refractivity contribution in [1.82, 2.24) is 10.3 Å². The van der Waals surface area contributed by atoms with Gasteiger partial charge in [0.15, 0.2) is 5.13 Å². The van der Waals surface area contributed by atoms with E-state index in [4.69, 9.17) is 16.5 Å². The largest absolute Gasteiger partial charge is 0.351 e. The molecule has 0 bridgehead atoms. The Labute approximate surface area is 242 Å². The molecule has 4 aromatic rings. The highest BCUT2D eigenvalue weighted by atomic mass is 32.1. The van der Waals surface area contributed by atoms with Crippen LogP contribution in [0.25, 0.3) is 11.3 Å². The first-order chi connectivity index (χ1) is 19.8. The number of hydrogen-bond acceptors (Lipinski definition) is 6. The quantitative estimate of drug-likeness (QED) is 0.202. The SMILES string of the molecule is Cc1ccc(C2CC2)cc1N(C(N)=O)c1nc(-c2ccc(NC(=O)CCN)cc2)c(C(=O)NCc2ccccc2)s1. The van der Waals surface area contributed by atoms with Crippen LogP contribution in [0.5, 0.6) is 0 Å². The van der Waals surface area contributed by atoms with Crippen LogP contribution >= 0.6 is 11.3 Å². The Bertz CT molecular complexity index is 1560. The molecule has 0 aliphatic heterocycles. The van der Waals surface area contributed by atoms with E-state index in [2.05, 4.69) is 16.7 Å². The minimum Gasteiger partial charge on any atom is -0.351 e. The third-order valence-electron chi connectivity index (χ3n) is 6.87. The van der Waals surface area contributed by atoms with Gasteiger partial charge in [-0.3, -0.25) is 9.59 Å². The molecular formula is C31H32N6O3S. The molecule has 6 N–H and O–H groups in total. The minimum atomic E-state index is -0.685. The summed E-state index contributed by atoms with van der Waals surface area (Å²) >= 11 is 1.11. The van der Waals surface area contributed by atoms with Gasteiger partial charge in [0.25, 0.3) is 5.91 Å². The third kappa shape index (κ3) is 6.62. The van der Waals surface area contributed by atoms with Crippen LogP contribution in [0.3, 0.4) is 0 Å². The molecule has 10 heteroatoms. The van der Waals surface area contributed by atoms with E-state index in [1.807, 2.05) is 49.4 Å². The van der Waals surface area contributed by atoms with Crippen molar-refractivity contribution in [1.29, 1.82) is 0 Å². The summed E-state index contributed by atoms with van der Waals surface area (Å²) in [6, 6.07) is 22.0. The zero-order valence-electron chi connectivity index (χ0n) is 22.7. The lowest BCUT2D eigenvalue weighted by atomic mass is 10.1. The number of benzene rings is 3. The van der Waals surface area contributed by atoms with Crippen LogP contribution in [0.2, 0.25) is 0 Å². The molecule has 0 unspecified atom stereocenters. The maximum absolute atomic E-state index is 13.5. The highest BCUT2D eigenvalue weighted by Gasteiger charge is 2.29. The van der Waals surface area contributed by atoms with Gasteiger partial charge >= 0.3 is 6.03 Å². The van der Waals surface area contributed by atoms with Gasteiger partial charge in [-0.1, -0.05) is 65.9 Å². The second kappa shape index (κ2) is 12.3. The standard InChI is InChI=1S/C31H32N6O3S/c1-19-7-8-23(21-9-10-21)17-25(19)37(30(33)40)31-36-27(22-11-13-24(14-12-22)35-26(38)15-16-32)28(41-31)29(39)34-18-20-5-3-2-4-6-20/h2-8,11-14,17,21H,9-10,15-16,18,32H2,1H3,(H2,33,40)(H,34,39)(H,35,38). The molecule has 0 spiro atoms. The van der Waals surface area contributed by atoms with E-state index in [0.29, 0.717) is 45.1 Å². The molecule has 1 aliphatic rings. The highest BCUT2D eigenvalue weighted by Crippen LogP contribution is 2.43. The predicted molar refractivity (Wildman–Crippen MR) is 162 cm³/mol. The Morgan fingerprint density at radius 2 is 1.76 bits per heavy atom. The summed E-state index contributed by atoms with van der Waals surface area (Å²) in [4.78, 5) is 44.8. The fraction of sp³-hybridized carbons (Fsp3) is 0.226. The van der Waals surface area contributed by atoms with E-state index in [1.54, 1.807) is 24.3 Å². The number of urea groups is 1. The maximum atomic E-state index is 13.5. The van der Waals surface area contributed by atoms with Gasteiger partial charge in [-0.2, -0.15) is 0 Å². The summed E-state index contributed by atoms with van der Waals surface area (Å²) in [5, 5.41) is 6.07. The molecule has 0 saturated heterocycles. The van der Waals surface area contributed by atoms with E-state index >= 15 is 0 Å². The lowest BCUT2D eigenvalue weighted by molar-refractivity contribution is -0.116. The number of nitrogens with one attached hydrogen (secondary N) is 2. The summed E-state index contributed by atoms with van der Waals surface area (Å²) in [7, 11) is 0. The molecule has 1 fully saturated rings. The lowest BCUT2D eigenvalue weighted by Crippen LogP contribution is -2.32. The van der Waals surface area contributed by atoms with Crippen molar-refractivity contribution in [3.63, 3.8) is 0 Å². The first-order valence-corrected chi connectivity index (χ1v) is 14.3. The molecule has 4 amide bonds. The second-order valence-corrected chi connectivity index (χ2v) is 11.0. The minimum absolute atomic E-state index is 0.182. The molecule has 1 aliphatic carbocycles. The van der Waals surface area contributed by atoms with E-state index in [9.17, 15) is 14.4 Å². The highest BCUT2D eigenvalue weighted by molar-refractivity contribution is 7.18. The number of nitrogens with two attached hydrogens (primary N) is 2. The summed E-state index contributed by atoms with van der Waals surface area (Å²) in [6.45, 7) is 2.51. The van der Waals surface area contributed by atoms with Gasteiger partial charge in [-0.05, 0) is 60.6 Å². The smallest absolute Gasteiger partial charge is 0.325 e. The van der Waals surface area contributed by atoms with Crippen molar-refractivity contribution in [3.8, 4) is 11.3 Å². The lowest BCUT2D eigenvalue weighted by Gasteiger charge is -2.20. The van der Waals surface area contributed by atoms with Gasteiger partial charge in [-0.15, -0.1) is 0 Å². The number of carbonyl (C=O) groups excluding carboxylic acids is 3. The zero-order chi connectivity index (χ0) is 28.9. The number of hydrogen-bond donors (Lipinski definition) is 4. The Morgan fingerprint density at radius 3 is 2.41 bits per heavy atom. The molecule has 1 heterocycles. The molecule has 210 valence electrons. The van der Waals surface area contributed by atoms with Crippen LogP contribution in [0.4, 0.5) is 21.3 Å². The Balaban J connectivity index is 1.52. The van der Waals surface area contributed by atoms with Crippen molar-refractivity contribution < 1.29 is 14.4 Å². The second-order valence-electron chi connectivity index (χ2n) is 10.0. The van der Waals surface area contributed by atoms with Crippen LogP contribution < -0.4 is 27.0 Å². The molecule has 3 aromatic carbocycles. The fourth-order valence-electron chi connectivity index (χ4n) is 4.53. The monoisotopic (exact) mass is 568 g/mol. The van der Waals surface area contributed by atoms with Crippen molar-refractivity contribution in [3.05, 3.63) is 94.4 Å². The van der Waals surface area contributed by atoms with Gasteiger partial charge in [0.1, 0.15) is 4.88 Å². The van der Waals surface area contributed by atoms with Gasteiger partial charge in [0, 0.05) is 30.8 Å². The summed E-state index contributed by atoms with van der Waals surface area (Å²) in [5.74, 6) is -0.0158. The molecule has 0 radical (unpaired) electrons. The fourth-order valence-corrected chi connectivity index (χ4v) is 5.56. The number of rotatable bonds is 10. The van der Waals surface area contributed by atoms with Crippen molar-refractivity contribution in [2.24, 2.45) is 11.5 Å². The number of thiazole rings is 1. The van der Waals surface area contributed by atoms with Gasteiger partial charge < -0.3 is 22.1 Å². The number of amides is 4. The van der Waals surface area contributed by atoms with Crippen molar-refractivity contribution in [2.75, 3.05) is 16.8 Å². The number of aryl methyl sites for hydroxylation is 1. The maximum Gasteiger partial charge on any atom is 0.325 e. The van der Waals surface area contributed by atoms with Crippen LogP contribution in [-0.2, 0) is 11.3 Å². The zero-order valence-corrected chi connectivity index (χ0v) is 23.5. The number of nitrogens with zero attached hydrogens (tertiary/aromatic N) is 2. The number of primary amides is 1. The van der Waals surface area contributed by atoms with Crippen LogP contribution in [0.15, 0.2) is 72.8 Å². The molecule has 1 aromatic heterocycles. The summed E-state index contributed by atoms with van der Waals surface area (Å²) in [6.07, 6.45) is 2.46. The number of anilines is 3. The van der Waals surface area contributed by atoms with Crippen LogP contribution in [0, 0.1) is 6.92 Å². The van der Waals surface area contributed by atoms with Crippen LogP contribution in [-0.4, -0.2) is 29.4 Å². The molecule has 1 saturated carbocycles. The molecule has 9 nitrogen and oxygen atoms in total. The van der Waals surface area contributed by atoms with Crippen LogP contribution in [0.1, 0.15) is 51.5 Å². The van der Waals surface area contributed by atoms with Crippen molar-refractivity contribution >= 4 is 45.7 Å². The normalized spacial score (nSPS) is 12.5. The van der Waals surface area contributed by atoms with Gasteiger partial charge in [0.05, 0.1) is 11.4 Å². The molecular weight excluding hydrogens is 536 g/mol.